The van der Waals surface area contributed by atoms with E-state index in [9.17, 15) is 4.79 Å². The predicted octanol–water partition coefficient (Wildman–Crippen LogP) is 1.86. The van der Waals surface area contributed by atoms with Gasteiger partial charge in [-0.25, -0.2) is 0 Å². The highest BCUT2D eigenvalue weighted by atomic mass is 16.1. The van der Waals surface area contributed by atoms with Gasteiger partial charge in [0, 0.05) is 11.9 Å². The third-order valence-electron chi connectivity index (χ3n) is 2.79. The molecule has 2 rings (SSSR count). The first-order chi connectivity index (χ1) is 5.69. The number of H-pyrrole nitrogens is 1. The van der Waals surface area contributed by atoms with E-state index in [1.165, 1.54) is 11.1 Å². The quantitative estimate of drug-likeness (QED) is 0.663. The van der Waals surface area contributed by atoms with Gasteiger partial charge in [0.15, 0.2) is 0 Å². The molecule has 1 heterocycles. The first-order valence-electron chi connectivity index (χ1n) is 4.31. The summed E-state index contributed by atoms with van der Waals surface area (Å²) in [5, 5.41) is 0. The highest BCUT2D eigenvalue weighted by Crippen LogP contribution is 2.48. The molecule has 0 radical (unpaired) electrons. The summed E-state index contributed by atoms with van der Waals surface area (Å²) in [4.78, 5) is 14.0. The van der Waals surface area contributed by atoms with Crippen molar-refractivity contribution in [2.75, 3.05) is 0 Å². The highest BCUT2D eigenvalue weighted by Gasteiger charge is 2.46. The van der Waals surface area contributed by atoms with Crippen LogP contribution in [0.1, 0.15) is 29.7 Å². The molecule has 2 nitrogen and oxygen atoms in total. The molecule has 2 heteroatoms. The predicted molar refractivity (Wildman–Crippen MR) is 47.2 cm³/mol. The molecule has 0 aromatic carbocycles. The minimum absolute atomic E-state index is 0.117. The molecule has 1 aromatic rings. The number of rotatable bonds is 2. The zero-order valence-corrected chi connectivity index (χ0v) is 7.48. The Kier molecular flexibility index (Phi) is 1.40. The standard InChI is InChI=1S/C10H13NO/c1-7-5-11-8(2)9(7)10(6-12)3-4-10/h5-6,11H,3-4H2,1-2H3. The molecule has 1 fully saturated rings. The molecule has 0 unspecified atom stereocenters. The van der Waals surface area contributed by atoms with Gasteiger partial charge in [-0.05, 0) is 37.8 Å². The number of hydrogen-bond donors (Lipinski definition) is 1. The molecule has 0 spiro atoms. The van der Waals surface area contributed by atoms with Crippen molar-refractivity contribution in [2.45, 2.75) is 32.1 Å². The Labute approximate surface area is 72.0 Å². The maximum atomic E-state index is 10.9. The summed E-state index contributed by atoms with van der Waals surface area (Å²) in [7, 11) is 0. The highest BCUT2D eigenvalue weighted by molar-refractivity contribution is 5.74. The van der Waals surface area contributed by atoms with Crippen LogP contribution in [0, 0.1) is 13.8 Å². The number of carbonyl (C=O) groups excluding carboxylic acids is 1. The van der Waals surface area contributed by atoms with E-state index in [0.717, 1.165) is 24.8 Å². The zero-order valence-electron chi connectivity index (χ0n) is 7.48. The smallest absolute Gasteiger partial charge is 0.130 e. The summed E-state index contributed by atoms with van der Waals surface area (Å²) in [6, 6.07) is 0. The van der Waals surface area contributed by atoms with E-state index in [1.54, 1.807) is 0 Å². The van der Waals surface area contributed by atoms with E-state index in [-0.39, 0.29) is 5.41 Å². The van der Waals surface area contributed by atoms with E-state index in [1.807, 2.05) is 13.1 Å². The van der Waals surface area contributed by atoms with E-state index in [2.05, 4.69) is 11.9 Å². The number of hydrogen-bond acceptors (Lipinski definition) is 1. The van der Waals surface area contributed by atoms with Crippen LogP contribution in [0.3, 0.4) is 0 Å². The molecular formula is C10H13NO. The van der Waals surface area contributed by atoms with Gasteiger partial charge in [0.1, 0.15) is 6.29 Å². The SMILES string of the molecule is Cc1c[nH]c(C)c1C1(C=O)CC1. The Morgan fingerprint density at radius 1 is 1.50 bits per heavy atom. The maximum absolute atomic E-state index is 10.9. The van der Waals surface area contributed by atoms with Crippen molar-refractivity contribution in [1.82, 2.24) is 4.98 Å². The second-order valence-electron chi connectivity index (χ2n) is 3.75. The number of aromatic amines is 1. The fraction of sp³-hybridized carbons (Fsp3) is 0.500. The Morgan fingerprint density at radius 3 is 2.50 bits per heavy atom. The van der Waals surface area contributed by atoms with Crippen LogP contribution in [-0.2, 0) is 10.2 Å². The van der Waals surface area contributed by atoms with E-state index >= 15 is 0 Å². The van der Waals surface area contributed by atoms with Gasteiger partial charge in [-0.1, -0.05) is 0 Å². The van der Waals surface area contributed by atoms with Gasteiger partial charge in [-0.15, -0.1) is 0 Å². The second-order valence-corrected chi connectivity index (χ2v) is 3.75. The number of aromatic nitrogens is 1. The van der Waals surface area contributed by atoms with Crippen molar-refractivity contribution in [3.8, 4) is 0 Å². The van der Waals surface area contributed by atoms with E-state index < -0.39 is 0 Å². The molecular weight excluding hydrogens is 150 g/mol. The molecule has 1 N–H and O–H groups in total. The summed E-state index contributed by atoms with van der Waals surface area (Å²) in [5.41, 5.74) is 3.49. The van der Waals surface area contributed by atoms with Crippen molar-refractivity contribution in [2.24, 2.45) is 0 Å². The second kappa shape index (κ2) is 2.22. The molecule has 1 aliphatic rings. The van der Waals surface area contributed by atoms with Crippen molar-refractivity contribution < 1.29 is 4.79 Å². The summed E-state index contributed by atoms with van der Waals surface area (Å²) >= 11 is 0. The third-order valence-corrected chi connectivity index (χ3v) is 2.79. The normalized spacial score (nSPS) is 19.2. The van der Waals surface area contributed by atoms with Crippen LogP contribution in [0.15, 0.2) is 6.20 Å². The lowest BCUT2D eigenvalue weighted by molar-refractivity contribution is -0.109. The van der Waals surface area contributed by atoms with Crippen molar-refractivity contribution in [1.29, 1.82) is 0 Å². The summed E-state index contributed by atoms with van der Waals surface area (Å²) in [6.07, 6.45) is 5.14. The van der Waals surface area contributed by atoms with Crippen LogP contribution in [0.25, 0.3) is 0 Å². The molecule has 0 aliphatic heterocycles. The molecule has 64 valence electrons. The molecule has 0 bridgehead atoms. The minimum Gasteiger partial charge on any atom is -0.365 e. The monoisotopic (exact) mass is 163 g/mol. The lowest BCUT2D eigenvalue weighted by Gasteiger charge is -2.07. The van der Waals surface area contributed by atoms with Crippen LogP contribution in [-0.4, -0.2) is 11.3 Å². The Morgan fingerprint density at radius 2 is 2.17 bits per heavy atom. The van der Waals surface area contributed by atoms with Crippen LogP contribution >= 0.6 is 0 Å². The molecule has 1 saturated carbocycles. The fourth-order valence-corrected chi connectivity index (χ4v) is 1.98. The summed E-state index contributed by atoms with van der Waals surface area (Å²) in [5.74, 6) is 0. The molecule has 0 atom stereocenters. The number of aryl methyl sites for hydroxylation is 2. The summed E-state index contributed by atoms with van der Waals surface area (Å²) < 4.78 is 0. The molecule has 1 aromatic heterocycles. The average Bonchev–Trinajstić information content (AvgIpc) is 2.77. The van der Waals surface area contributed by atoms with Gasteiger partial charge >= 0.3 is 0 Å². The lowest BCUT2D eigenvalue weighted by Crippen LogP contribution is -2.09. The third kappa shape index (κ3) is 0.840. The number of nitrogens with one attached hydrogen (secondary N) is 1. The molecule has 0 amide bonds. The van der Waals surface area contributed by atoms with Gasteiger partial charge in [-0.2, -0.15) is 0 Å². The molecule has 0 saturated heterocycles. The fourth-order valence-electron chi connectivity index (χ4n) is 1.98. The first kappa shape index (κ1) is 7.59. The van der Waals surface area contributed by atoms with Gasteiger partial charge in [-0.3, -0.25) is 0 Å². The topological polar surface area (TPSA) is 32.9 Å². The molecule has 12 heavy (non-hydrogen) atoms. The van der Waals surface area contributed by atoms with Gasteiger partial charge in [0.05, 0.1) is 5.41 Å². The van der Waals surface area contributed by atoms with Crippen LogP contribution in [0.2, 0.25) is 0 Å². The average molecular weight is 163 g/mol. The Bertz CT molecular complexity index is 301. The minimum atomic E-state index is -0.117. The Hall–Kier alpha value is -1.05. The van der Waals surface area contributed by atoms with E-state index in [0.29, 0.717) is 0 Å². The number of carbonyl (C=O) groups is 1. The van der Waals surface area contributed by atoms with E-state index in [4.69, 9.17) is 0 Å². The van der Waals surface area contributed by atoms with Crippen molar-refractivity contribution in [3.05, 3.63) is 23.0 Å². The largest absolute Gasteiger partial charge is 0.365 e. The van der Waals surface area contributed by atoms with Crippen LogP contribution < -0.4 is 0 Å². The van der Waals surface area contributed by atoms with Gasteiger partial charge < -0.3 is 9.78 Å². The van der Waals surface area contributed by atoms with Gasteiger partial charge in [0.2, 0.25) is 0 Å². The zero-order chi connectivity index (χ0) is 8.77. The van der Waals surface area contributed by atoms with Gasteiger partial charge in [0.25, 0.3) is 0 Å². The maximum Gasteiger partial charge on any atom is 0.130 e. The van der Waals surface area contributed by atoms with Crippen molar-refractivity contribution >= 4 is 6.29 Å². The lowest BCUT2D eigenvalue weighted by atomic mass is 9.95. The first-order valence-corrected chi connectivity index (χ1v) is 4.31. The number of aldehydes is 1. The van der Waals surface area contributed by atoms with Crippen molar-refractivity contribution in [3.63, 3.8) is 0 Å². The van der Waals surface area contributed by atoms with Crippen LogP contribution in [0.4, 0.5) is 0 Å². The Balaban J connectivity index is 2.51. The van der Waals surface area contributed by atoms with Crippen LogP contribution in [0.5, 0.6) is 0 Å². The molecule has 1 aliphatic carbocycles. The summed E-state index contributed by atoms with van der Waals surface area (Å²) in [6.45, 7) is 4.09.